The van der Waals surface area contributed by atoms with Gasteiger partial charge in [0.05, 0.1) is 22.6 Å². The van der Waals surface area contributed by atoms with Crippen molar-refractivity contribution < 1.29 is 14.3 Å². The fourth-order valence-corrected chi connectivity index (χ4v) is 4.79. The number of hydrogen-bond donors (Lipinski definition) is 1. The fourth-order valence-electron chi connectivity index (χ4n) is 4.48. The molecule has 7 heteroatoms. The number of nitrogens with one attached hydrogen (secondary N) is 1. The van der Waals surface area contributed by atoms with Crippen molar-refractivity contribution in [2.75, 3.05) is 19.7 Å². The summed E-state index contributed by atoms with van der Waals surface area (Å²) in [4.78, 5) is 30.7. The number of para-hydroxylation sites is 1. The van der Waals surface area contributed by atoms with Crippen molar-refractivity contribution in [1.29, 1.82) is 0 Å². The van der Waals surface area contributed by atoms with Gasteiger partial charge in [0.2, 0.25) is 5.91 Å². The van der Waals surface area contributed by atoms with Crippen molar-refractivity contribution in [3.8, 4) is 0 Å². The number of amides is 1. The molecule has 0 spiro atoms. The Morgan fingerprint density at radius 3 is 2.78 bits per heavy atom. The van der Waals surface area contributed by atoms with Crippen LogP contribution in [0.15, 0.2) is 48.7 Å². The highest BCUT2D eigenvalue weighted by atomic mass is 35.5. The number of carbonyl (C=O) groups is 2. The van der Waals surface area contributed by atoms with Crippen molar-refractivity contribution >= 4 is 46.0 Å². The summed E-state index contributed by atoms with van der Waals surface area (Å²) in [6.45, 7) is 3.20. The molecule has 4 rings (SSSR count). The van der Waals surface area contributed by atoms with E-state index >= 15 is 0 Å². The molecule has 1 N–H and O–H groups in total. The zero-order valence-corrected chi connectivity index (χ0v) is 19.5. The number of piperidine rings is 1. The van der Waals surface area contributed by atoms with Crippen LogP contribution in [0.5, 0.6) is 0 Å². The molecular formula is C25H26Cl2N2O3. The number of aromatic nitrogens is 1. The van der Waals surface area contributed by atoms with Crippen LogP contribution < -0.4 is 0 Å². The molecule has 2 aromatic carbocycles. The Labute approximate surface area is 197 Å². The molecule has 2 heterocycles. The maximum Gasteiger partial charge on any atom is 0.310 e. The molecule has 1 fully saturated rings. The number of aromatic amines is 1. The summed E-state index contributed by atoms with van der Waals surface area (Å²) in [6.07, 6.45) is 3.78. The molecule has 1 aliphatic rings. The van der Waals surface area contributed by atoms with Crippen LogP contribution in [-0.2, 0) is 14.3 Å². The van der Waals surface area contributed by atoms with E-state index in [9.17, 15) is 9.59 Å². The summed E-state index contributed by atoms with van der Waals surface area (Å²) in [5.74, 6) is -0.663. The molecular weight excluding hydrogens is 447 g/mol. The maximum absolute atomic E-state index is 13.4. The Morgan fingerprint density at radius 1 is 1.19 bits per heavy atom. The lowest BCUT2D eigenvalue weighted by molar-refractivity contribution is -0.151. The number of rotatable bonds is 6. The largest absolute Gasteiger partial charge is 0.466 e. The first-order valence-electron chi connectivity index (χ1n) is 10.9. The molecule has 0 bridgehead atoms. The SMILES string of the molecule is CCOC(=O)[C@H]1CCCN(C(=O)C[C@H](c2ccc(Cl)c(Cl)c2)c2c[nH]c3ccccc23)C1. The molecule has 2 atom stereocenters. The van der Waals surface area contributed by atoms with Crippen LogP contribution in [-0.4, -0.2) is 41.5 Å². The van der Waals surface area contributed by atoms with Gasteiger partial charge in [0, 0.05) is 42.5 Å². The number of likely N-dealkylation sites (tertiary alicyclic amines) is 1. The van der Waals surface area contributed by atoms with Crippen LogP contribution in [0.4, 0.5) is 0 Å². The van der Waals surface area contributed by atoms with Crippen LogP contribution >= 0.6 is 23.2 Å². The number of H-pyrrole nitrogens is 1. The van der Waals surface area contributed by atoms with Gasteiger partial charge in [-0.25, -0.2) is 0 Å². The maximum atomic E-state index is 13.4. The van der Waals surface area contributed by atoms with E-state index in [0.717, 1.165) is 34.9 Å². The molecule has 3 aromatic rings. The monoisotopic (exact) mass is 472 g/mol. The number of hydrogen-bond acceptors (Lipinski definition) is 3. The second-order valence-electron chi connectivity index (χ2n) is 8.15. The third kappa shape index (κ3) is 4.79. The third-order valence-corrected chi connectivity index (χ3v) is 6.85. The van der Waals surface area contributed by atoms with Gasteiger partial charge >= 0.3 is 5.97 Å². The van der Waals surface area contributed by atoms with Gasteiger partial charge in [-0.15, -0.1) is 0 Å². The molecule has 1 aromatic heterocycles. The molecule has 168 valence electrons. The van der Waals surface area contributed by atoms with E-state index in [0.29, 0.717) is 29.7 Å². The molecule has 0 aliphatic carbocycles. The number of carbonyl (C=O) groups excluding carboxylic acids is 2. The quantitative estimate of drug-likeness (QED) is 0.461. The standard InChI is InChI=1S/C25H26Cl2N2O3/c1-2-32-25(31)17-6-5-11-29(15-17)24(30)13-19(16-9-10-21(26)22(27)12-16)20-14-28-23-8-4-3-7-18(20)23/h3-4,7-10,12,14,17,19,28H,2,5-6,11,13,15H2,1H3/t17-,19+/m0/s1. The van der Waals surface area contributed by atoms with Gasteiger partial charge in [-0.1, -0.05) is 47.5 Å². The highest BCUT2D eigenvalue weighted by molar-refractivity contribution is 6.42. The van der Waals surface area contributed by atoms with Gasteiger partial charge < -0.3 is 14.6 Å². The normalized spacial score (nSPS) is 17.3. The Balaban J connectivity index is 1.62. The fraction of sp³-hybridized carbons (Fsp3) is 0.360. The minimum absolute atomic E-state index is 0.0142. The van der Waals surface area contributed by atoms with Crippen molar-refractivity contribution in [2.45, 2.75) is 32.1 Å². The second-order valence-corrected chi connectivity index (χ2v) is 8.97. The molecule has 0 unspecified atom stereocenters. The van der Waals surface area contributed by atoms with Crippen LogP contribution in [0.2, 0.25) is 10.0 Å². The molecule has 32 heavy (non-hydrogen) atoms. The third-order valence-electron chi connectivity index (χ3n) is 6.12. The van der Waals surface area contributed by atoms with E-state index in [2.05, 4.69) is 4.98 Å². The van der Waals surface area contributed by atoms with E-state index in [1.165, 1.54) is 0 Å². The van der Waals surface area contributed by atoms with Crippen molar-refractivity contribution in [3.05, 3.63) is 69.8 Å². The van der Waals surface area contributed by atoms with E-state index < -0.39 is 0 Å². The van der Waals surface area contributed by atoms with Gasteiger partial charge in [0.25, 0.3) is 0 Å². The Bertz CT molecular complexity index is 1130. The summed E-state index contributed by atoms with van der Waals surface area (Å²) in [5.41, 5.74) is 2.98. The second kappa shape index (κ2) is 9.97. The first-order chi connectivity index (χ1) is 15.5. The molecule has 0 radical (unpaired) electrons. The van der Waals surface area contributed by atoms with Gasteiger partial charge in [0.15, 0.2) is 0 Å². The van der Waals surface area contributed by atoms with Gasteiger partial charge in [-0.3, -0.25) is 9.59 Å². The summed E-state index contributed by atoms with van der Waals surface area (Å²) >= 11 is 12.5. The van der Waals surface area contributed by atoms with Crippen LogP contribution in [0, 0.1) is 5.92 Å². The first-order valence-corrected chi connectivity index (χ1v) is 11.7. The summed E-state index contributed by atoms with van der Waals surface area (Å²) < 4.78 is 5.18. The van der Waals surface area contributed by atoms with Gasteiger partial charge in [0.1, 0.15) is 0 Å². The van der Waals surface area contributed by atoms with Crippen LogP contribution in [0.1, 0.15) is 43.2 Å². The predicted molar refractivity (Wildman–Crippen MR) is 127 cm³/mol. The van der Waals surface area contributed by atoms with Crippen molar-refractivity contribution in [3.63, 3.8) is 0 Å². The number of benzene rings is 2. The Hall–Kier alpha value is -2.50. The highest BCUT2D eigenvalue weighted by Crippen LogP contribution is 2.36. The smallest absolute Gasteiger partial charge is 0.310 e. The zero-order valence-electron chi connectivity index (χ0n) is 17.9. The summed E-state index contributed by atoms with van der Waals surface area (Å²) in [7, 11) is 0. The molecule has 0 saturated carbocycles. The summed E-state index contributed by atoms with van der Waals surface area (Å²) in [6, 6.07) is 13.6. The number of esters is 1. The number of nitrogens with zero attached hydrogens (tertiary/aromatic N) is 1. The van der Waals surface area contributed by atoms with Crippen molar-refractivity contribution in [2.24, 2.45) is 5.92 Å². The minimum Gasteiger partial charge on any atom is -0.466 e. The minimum atomic E-state index is -0.260. The van der Waals surface area contributed by atoms with Crippen LogP contribution in [0.25, 0.3) is 10.9 Å². The van der Waals surface area contributed by atoms with Gasteiger partial charge in [-0.05, 0) is 49.1 Å². The topological polar surface area (TPSA) is 62.4 Å². The molecule has 1 saturated heterocycles. The number of fused-ring (bicyclic) bond motifs is 1. The van der Waals surface area contributed by atoms with Crippen LogP contribution in [0.3, 0.4) is 0 Å². The lowest BCUT2D eigenvalue weighted by Crippen LogP contribution is -2.43. The highest BCUT2D eigenvalue weighted by Gasteiger charge is 2.31. The lowest BCUT2D eigenvalue weighted by Gasteiger charge is -2.32. The lowest BCUT2D eigenvalue weighted by atomic mass is 9.87. The average Bonchev–Trinajstić information content (AvgIpc) is 3.23. The first kappa shape index (κ1) is 22.7. The van der Waals surface area contributed by atoms with Gasteiger partial charge in [-0.2, -0.15) is 0 Å². The predicted octanol–water partition coefficient (Wildman–Crippen LogP) is 5.80. The average molecular weight is 473 g/mol. The van der Waals surface area contributed by atoms with E-state index in [1.54, 1.807) is 17.9 Å². The molecule has 5 nitrogen and oxygen atoms in total. The zero-order chi connectivity index (χ0) is 22.7. The van der Waals surface area contributed by atoms with E-state index in [1.807, 2.05) is 42.6 Å². The van der Waals surface area contributed by atoms with E-state index in [-0.39, 0.29) is 30.1 Å². The van der Waals surface area contributed by atoms with Crippen molar-refractivity contribution in [1.82, 2.24) is 9.88 Å². The summed E-state index contributed by atoms with van der Waals surface area (Å²) in [5, 5.41) is 2.01. The Kier molecular flexibility index (Phi) is 7.07. The Morgan fingerprint density at radius 2 is 2.00 bits per heavy atom. The number of ether oxygens (including phenoxy) is 1. The number of halogens is 2. The molecule has 1 aliphatic heterocycles. The molecule has 1 amide bonds. The van der Waals surface area contributed by atoms with E-state index in [4.69, 9.17) is 27.9 Å².